The summed E-state index contributed by atoms with van der Waals surface area (Å²) < 4.78 is 37.2. The van der Waals surface area contributed by atoms with Gasteiger partial charge in [-0.3, -0.25) is 4.79 Å². The molecule has 0 spiro atoms. The van der Waals surface area contributed by atoms with Crippen LogP contribution in [0.3, 0.4) is 0 Å². The SMILES string of the molecule is C=CC(=O)N1CCN(c2nc(=O)n(-c3c(C)cccc3OC)c3nc(-c4ccccc4F)c(F)cc23)[C@@H](C)C1. The molecule has 0 aliphatic carbocycles. The Morgan fingerprint density at radius 2 is 1.87 bits per heavy atom. The van der Waals surface area contributed by atoms with Gasteiger partial charge in [-0.25, -0.2) is 23.1 Å². The number of amides is 1. The minimum atomic E-state index is -0.759. The zero-order chi connectivity index (χ0) is 27.8. The van der Waals surface area contributed by atoms with E-state index in [1.165, 1.54) is 42.0 Å². The van der Waals surface area contributed by atoms with Gasteiger partial charge >= 0.3 is 5.69 Å². The van der Waals surface area contributed by atoms with Crippen LogP contribution >= 0.6 is 0 Å². The van der Waals surface area contributed by atoms with Crippen molar-refractivity contribution in [3.8, 4) is 22.7 Å². The van der Waals surface area contributed by atoms with Crippen LogP contribution in [0.15, 0.2) is 66.0 Å². The summed E-state index contributed by atoms with van der Waals surface area (Å²) >= 11 is 0. The molecule has 1 fully saturated rings. The van der Waals surface area contributed by atoms with Crippen molar-refractivity contribution in [3.63, 3.8) is 0 Å². The van der Waals surface area contributed by atoms with E-state index in [4.69, 9.17) is 4.74 Å². The first-order chi connectivity index (χ1) is 18.7. The largest absolute Gasteiger partial charge is 0.495 e. The minimum Gasteiger partial charge on any atom is -0.495 e. The van der Waals surface area contributed by atoms with Gasteiger partial charge in [-0.05, 0) is 49.8 Å². The van der Waals surface area contributed by atoms with Crippen LogP contribution in [-0.2, 0) is 4.79 Å². The van der Waals surface area contributed by atoms with Crippen LogP contribution in [0.25, 0.3) is 28.0 Å². The fourth-order valence-corrected chi connectivity index (χ4v) is 5.05. The van der Waals surface area contributed by atoms with Gasteiger partial charge in [0.1, 0.15) is 28.9 Å². The van der Waals surface area contributed by atoms with Crippen molar-refractivity contribution in [2.45, 2.75) is 19.9 Å². The molecule has 1 atom stereocenters. The molecule has 10 heteroatoms. The number of hydrogen-bond acceptors (Lipinski definition) is 6. The lowest BCUT2D eigenvalue weighted by Gasteiger charge is -2.40. The monoisotopic (exact) mass is 531 g/mol. The second-order valence-electron chi connectivity index (χ2n) is 9.38. The van der Waals surface area contributed by atoms with E-state index >= 15 is 4.39 Å². The van der Waals surface area contributed by atoms with Crippen LogP contribution in [0, 0.1) is 18.6 Å². The van der Waals surface area contributed by atoms with Gasteiger partial charge in [0.2, 0.25) is 5.91 Å². The number of nitrogens with zero attached hydrogens (tertiary/aromatic N) is 5. The molecule has 2 aromatic carbocycles. The summed E-state index contributed by atoms with van der Waals surface area (Å²) in [6.45, 7) is 8.35. The van der Waals surface area contributed by atoms with Crippen molar-refractivity contribution < 1.29 is 18.3 Å². The topological polar surface area (TPSA) is 80.6 Å². The Morgan fingerprint density at radius 1 is 1.10 bits per heavy atom. The summed E-state index contributed by atoms with van der Waals surface area (Å²) in [5, 5.41) is 0.271. The van der Waals surface area contributed by atoms with E-state index in [2.05, 4.69) is 16.5 Å². The lowest BCUT2D eigenvalue weighted by molar-refractivity contribution is -0.126. The van der Waals surface area contributed by atoms with Gasteiger partial charge in [0.25, 0.3) is 0 Å². The molecule has 1 amide bonds. The number of carbonyl (C=O) groups excluding carboxylic acids is 1. The Labute approximate surface area is 223 Å². The highest BCUT2D eigenvalue weighted by Gasteiger charge is 2.30. The fraction of sp³-hybridized carbons (Fsp3) is 0.241. The van der Waals surface area contributed by atoms with E-state index < -0.39 is 17.3 Å². The number of para-hydroxylation sites is 1. The Morgan fingerprint density at radius 3 is 2.56 bits per heavy atom. The molecule has 2 aromatic heterocycles. The molecule has 0 N–H and O–H groups in total. The summed E-state index contributed by atoms with van der Waals surface area (Å²) in [6.07, 6.45) is 1.26. The number of aromatic nitrogens is 3. The number of pyridine rings is 1. The van der Waals surface area contributed by atoms with E-state index in [-0.39, 0.29) is 40.1 Å². The number of fused-ring (bicyclic) bond motifs is 1. The number of anilines is 1. The molecule has 200 valence electrons. The maximum Gasteiger partial charge on any atom is 0.355 e. The summed E-state index contributed by atoms with van der Waals surface area (Å²) in [4.78, 5) is 38.4. The standard InChI is InChI=1S/C29H27F2N5O3/c1-5-24(37)34-13-14-35(18(3)16-34)27-20-15-22(31)25(19-10-6-7-11-21(19)30)32-28(20)36(29(38)33-27)26-17(2)9-8-12-23(26)39-4/h5-12,15,18H,1,13-14,16H2,2-4H3/t18-/m0/s1. The molecule has 5 rings (SSSR count). The second kappa shape index (κ2) is 10.3. The number of hydrogen-bond donors (Lipinski definition) is 0. The van der Waals surface area contributed by atoms with Crippen LogP contribution in [0.4, 0.5) is 14.6 Å². The fourth-order valence-electron chi connectivity index (χ4n) is 5.05. The number of halogens is 2. The summed E-state index contributed by atoms with van der Waals surface area (Å²) in [7, 11) is 1.48. The summed E-state index contributed by atoms with van der Waals surface area (Å²) in [6, 6.07) is 12.0. The highest BCUT2D eigenvalue weighted by molar-refractivity contribution is 5.91. The number of piperazine rings is 1. The third-order valence-corrected chi connectivity index (χ3v) is 6.96. The second-order valence-corrected chi connectivity index (χ2v) is 9.38. The Hall–Kier alpha value is -4.60. The van der Waals surface area contributed by atoms with Gasteiger partial charge in [-0.15, -0.1) is 0 Å². The number of methoxy groups -OCH3 is 1. The maximum atomic E-state index is 15.7. The molecule has 0 unspecified atom stereocenters. The first kappa shape index (κ1) is 26.0. The van der Waals surface area contributed by atoms with Crippen molar-refractivity contribution in [2.75, 3.05) is 31.6 Å². The van der Waals surface area contributed by atoms with Crippen LogP contribution in [0.2, 0.25) is 0 Å². The van der Waals surface area contributed by atoms with Crippen LogP contribution in [0.1, 0.15) is 12.5 Å². The molecule has 8 nitrogen and oxygen atoms in total. The number of carbonyl (C=O) groups is 1. The van der Waals surface area contributed by atoms with Crippen molar-refractivity contribution in [3.05, 3.63) is 88.9 Å². The molecule has 0 radical (unpaired) electrons. The van der Waals surface area contributed by atoms with Crippen molar-refractivity contribution >= 4 is 22.8 Å². The van der Waals surface area contributed by atoms with Gasteiger partial charge in [0, 0.05) is 31.2 Å². The molecule has 0 bridgehead atoms. The number of ether oxygens (including phenoxy) is 1. The van der Waals surface area contributed by atoms with Crippen molar-refractivity contribution in [1.29, 1.82) is 0 Å². The average molecular weight is 532 g/mol. The average Bonchev–Trinajstić information content (AvgIpc) is 2.93. The molecule has 1 aliphatic rings. The molecule has 39 heavy (non-hydrogen) atoms. The quantitative estimate of drug-likeness (QED) is 0.358. The van der Waals surface area contributed by atoms with E-state index in [0.717, 1.165) is 0 Å². The lowest BCUT2D eigenvalue weighted by atomic mass is 10.1. The number of benzene rings is 2. The third-order valence-electron chi connectivity index (χ3n) is 6.96. The minimum absolute atomic E-state index is 0.0315. The molecular formula is C29H27F2N5O3. The molecule has 0 saturated carbocycles. The predicted octanol–water partition coefficient (Wildman–Crippen LogP) is 4.27. The van der Waals surface area contributed by atoms with Crippen LogP contribution in [-0.4, -0.2) is 58.1 Å². The summed E-state index contributed by atoms with van der Waals surface area (Å²) in [5.74, 6) is -0.953. The molecule has 1 aliphatic heterocycles. The zero-order valence-electron chi connectivity index (χ0n) is 21.8. The first-order valence-corrected chi connectivity index (χ1v) is 12.4. The van der Waals surface area contributed by atoms with E-state index in [9.17, 15) is 14.0 Å². The van der Waals surface area contributed by atoms with Crippen LogP contribution in [0.5, 0.6) is 5.75 Å². The summed E-state index contributed by atoms with van der Waals surface area (Å²) in [5.41, 5.74) is 0.302. The lowest BCUT2D eigenvalue weighted by Crippen LogP contribution is -2.54. The highest BCUT2D eigenvalue weighted by Crippen LogP contribution is 2.34. The van der Waals surface area contributed by atoms with E-state index in [0.29, 0.717) is 36.6 Å². The Bertz CT molecular complexity index is 1670. The maximum absolute atomic E-state index is 15.7. The molecular weight excluding hydrogens is 504 g/mol. The Kier molecular flexibility index (Phi) is 6.86. The number of aryl methyl sites for hydroxylation is 1. The van der Waals surface area contributed by atoms with Gasteiger partial charge in [-0.1, -0.05) is 30.8 Å². The van der Waals surface area contributed by atoms with Crippen molar-refractivity contribution in [2.24, 2.45) is 0 Å². The van der Waals surface area contributed by atoms with E-state index in [1.54, 1.807) is 23.1 Å². The first-order valence-electron chi connectivity index (χ1n) is 12.4. The molecule has 3 heterocycles. The van der Waals surface area contributed by atoms with Crippen LogP contribution < -0.4 is 15.3 Å². The highest BCUT2D eigenvalue weighted by atomic mass is 19.1. The van der Waals surface area contributed by atoms with Gasteiger partial charge in [0.15, 0.2) is 5.65 Å². The van der Waals surface area contributed by atoms with Gasteiger partial charge in [0.05, 0.1) is 18.2 Å². The van der Waals surface area contributed by atoms with Gasteiger partial charge in [-0.2, -0.15) is 4.98 Å². The Balaban J connectivity index is 1.80. The molecule has 4 aromatic rings. The molecule has 1 saturated heterocycles. The zero-order valence-corrected chi connectivity index (χ0v) is 21.8. The van der Waals surface area contributed by atoms with E-state index in [1.807, 2.05) is 24.8 Å². The predicted molar refractivity (Wildman–Crippen MR) is 145 cm³/mol. The number of rotatable bonds is 5. The normalized spacial score (nSPS) is 15.5. The van der Waals surface area contributed by atoms with Crippen molar-refractivity contribution in [1.82, 2.24) is 19.4 Å². The smallest absolute Gasteiger partial charge is 0.355 e. The third kappa shape index (κ3) is 4.52. The van der Waals surface area contributed by atoms with Gasteiger partial charge < -0.3 is 14.5 Å².